The highest BCUT2D eigenvalue weighted by Gasteiger charge is 2.34. The van der Waals surface area contributed by atoms with Crippen LogP contribution < -0.4 is 4.74 Å². The number of ether oxygens (including phenoxy) is 5. The second-order valence-corrected chi connectivity index (χ2v) is 13.0. The van der Waals surface area contributed by atoms with Crippen molar-refractivity contribution < 1.29 is 59.8 Å². The van der Waals surface area contributed by atoms with Gasteiger partial charge in [-0.2, -0.15) is 8.42 Å². The number of carbonyl (C=O) groups excluding carboxylic acids is 2. The summed E-state index contributed by atoms with van der Waals surface area (Å²) in [6.07, 6.45) is 0.287. The Morgan fingerprint density at radius 1 is 0.809 bits per heavy atom. The van der Waals surface area contributed by atoms with Crippen molar-refractivity contribution >= 4 is 22.7 Å². The highest BCUT2D eigenvalue weighted by molar-refractivity contribution is 7.86. The lowest BCUT2D eigenvalue weighted by Gasteiger charge is -2.17. The molecule has 3 aromatic carbocycles. The number of phenols is 1. The van der Waals surface area contributed by atoms with Crippen molar-refractivity contribution in [2.45, 2.75) is 63.3 Å². The van der Waals surface area contributed by atoms with Crippen LogP contribution in [0.4, 0.5) is 8.78 Å². The van der Waals surface area contributed by atoms with Crippen molar-refractivity contribution in [3.63, 3.8) is 0 Å². The fourth-order valence-corrected chi connectivity index (χ4v) is 5.08. The van der Waals surface area contributed by atoms with E-state index >= 15 is 0 Å². The van der Waals surface area contributed by atoms with Crippen LogP contribution in [0.15, 0.2) is 65.6 Å². The molecule has 0 radical (unpaired) electrons. The predicted molar refractivity (Wildman–Crippen MR) is 165 cm³/mol. The number of aromatic hydroxyl groups is 1. The van der Waals surface area contributed by atoms with E-state index in [0.29, 0.717) is 38.1 Å². The number of carbonyl (C=O) groups is 2. The minimum Gasteiger partial charge on any atom is -0.508 e. The molecule has 5 rings (SSSR count). The first-order chi connectivity index (χ1) is 22.0. The normalized spacial score (nSPS) is 19.5. The van der Waals surface area contributed by atoms with E-state index in [0.717, 1.165) is 17.7 Å². The maximum Gasteiger partial charge on any atom is 0.297 e. The van der Waals surface area contributed by atoms with Gasteiger partial charge in [0, 0.05) is 0 Å². The van der Waals surface area contributed by atoms with Crippen LogP contribution in [0.2, 0.25) is 0 Å². The molecule has 0 bridgehead atoms. The van der Waals surface area contributed by atoms with Crippen LogP contribution in [0.1, 0.15) is 54.0 Å². The first-order valence-corrected chi connectivity index (χ1v) is 15.8. The highest BCUT2D eigenvalue weighted by Crippen LogP contribution is 2.25. The number of aryl methyl sites for hydroxylation is 1. The predicted octanol–water partition coefficient (Wildman–Crippen LogP) is 5.36. The number of hydrogen-bond donors (Lipinski definition) is 1. The van der Waals surface area contributed by atoms with Crippen molar-refractivity contribution in [2.75, 3.05) is 26.4 Å². The molecule has 11 nitrogen and oxygen atoms in total. The van der Waals surface area contributed by atoms with Crippen molar-refractivity contribution in [2.24, 2.45) is 0 Å². The average molecular weight is 681 g/mol. The van der Waals surface area contributed by atoms with Crippen LogP contribution in [-0.4, -0.2) is 76.3 Å². The maximum atomic E-state index is 13.1. The number of benzene rings is 3. The molecule has 0 amide bonds. The molecule has 2 aliphatic rings. The summed E-state index contributed by atoms with van der Waals surface area (Å²) in [4.78, 5) is 20.8. The van der Waals surface area contributed by atoms with Crippen LogP contribution >= 0.6 is 0 Å². The number of halogens is 2. The molecule has 0 aromatic heterocycles. The van der Waals surface area contributed by atoms with Gasteiger partial charge in [0.15, 0.2) is 24.1 Å². The Kier molecular flexibility index (Phi) is 13.1. The molecule has 3 aromatic rings. The van der Waals surface area contributed by atoms with Crippen LogP contribution in [-0.2, 0) is 33.2 Å². The zero-order chi connectivity index (χ0) is 34.8. The Labute approximate surface area is 272 Å². The largest absolute Gasteiger partial charge is 0.508 e. The standard InChI is InChI=1S/C13H15FO4.C13H18O5S.C7H5FO2/c1-13(2)17-8-11(18-13)7-16-10-3-4-12(14)9(5-10)6-15;1-10-4-6-12(7-5-10)19(14,15)17-9-11-8-16-13(2,3)18-11;8-7-2-1-6(10)3-5(7)4-9/h3-6,11H,7-8H2,1-2H3;4-7,11H,8-9H2,1-3H3;1-4,10H/t2*11-;/m01./s1. The molecule has 0 spiro atoms. The smallest absolute Gasteiger partial charge is 0.297 e. The number of phenolic OH excluding ortho intramolecular Hbond substituents is 1. The molecule has 0 aliphatic carbocycles. The monoisotopic (exact) mass is 680 g/mol. The third-order valence-corrected chi connectivity index (χ3v) is 7.79. The van der Waals surface area contributed by atoms with Gasteiger partial charge in [0.05, 0.1) is 35.8 Å². The van der Waals surface area contributed by atoms with E-state index in [-0.39, 0.29) is 40.6 Å². The lowest BCUT2D eigenvalue weighted by molar-refractivity contribution is -0.141. The van der Waals surface area contributed by atoms with Gasteiger partial charge in [0.1, 0.15) is 41.9 Å². The van der Waals surface area contributed by atoms with Crippen LogP contribution in [0.25, 0.3) is 0 Å². The molecule has 256 valence electrons. The van der Waals surface area contributed by atoms with E-state index in [1.165, 1.54) is 36.4 Å². The van der Waals surface area contributed by atoms with Gasteiger partial charge in [-0.15, -0.1) is 0 Å². The number of aldehydes is 2. The topological polar surface area (TPSA) is 144 Å². The molecule has 47 heavy (non-hydrogen) atoms. The lowest BCUT2D eigenvalue weighted by atomic mass is 10.2. The van der Waals surface area contributed by atoms with E-state index in [2.05, 4.69) is 0 Å². The first-order valence-electron chi connectivity index (χ1n) is 14.4. The second-order valence-electron chi connectivity index (χ2n) is 11.4. The Morgan fingerprint density at radius 2 is 1.32 bits per heavy atom. The van der Waals surface area contributed by atoms with Gasteiger partial charge in [-0.3, -0.25) is 13.8 Å². The van der Waals surface area contributed by atoms with Crippen molar-refractivity contribution in [1.82, 2.24) is 0 Å². The Hall–Kier alpha value is -3.79. The van der Waals surface area contributed by atoms with E-state index in [4.69, 9.17) is 33.0 Å². The third kappa shape index (κ3) is 12.1. The van der Waals surface area contributed by atoms with Crippen molar-refractivity contribution in [3.8, 4) is 11.5 Å². The maximum absolute atomic E-state index is 13.1. The summed E-state index contributed by atoms with van der Waals surface area (Å²) < 4.78 is 81.6. The van der Waals surface area contributed by atoms with Gasteiger partial charge in [0.2, 0.25) is 0 Å². The Morgan fingerprint density at radius 3 is 1.81 bits per heavy atom. The minimum atomic E-state index is -3.74. The summed E-state index contributed by atoms with van der Waals surface area (Å²) in [5.41, 5.74) is 0.852. The molecule has 1 N–H and O–H groups in total. The minimum absolute atomic E-state index is 0.0172. The van der Waals surface area contributed by atoms with Gasteiger partial charge in [-0.1, -0.05) is 17.7 Å². The lowest BCUT2D eigenvalue weighted by Crippen LogP contribution is -2.25. The van der Waals surface area contributed by atoms with Gasteiger partial charge >= 0.3 is 0 Å². The molecule has 14 heteroatoms. The highest BCUT2D eigenvalue weighted by atomic mass is 32.2. The molecule has 2 atom stereocenters. The van der Waals surface area contributed by atoms with Gasteiger partial charge in [0.25, 0.3) is 10.1 Å². The van der Waals surface area contributed by atoms with Crippen LogP contribution in [0, 0.1) is 18.6 Å². The molecular formula is C33H38F2O11S. The zero-order valence-electron chi connectivity index (χ0n) is 26.6. The van der Waals surface area contributed by atoms with Gasteiger partial charge < -0.3 is 28.8 Å². The zero-order valence-corrected chi connectivity index (χ0v) is 27.4. The fourth-order valence-electron chi connectivity index (χ4n) is 4.14. The Bertz CT molecular complexity index is 1610. The Balaban J connectivity index is 0.000000201. The number of rotatable bonds is 9. The molecule has 2 aliphatic heterocycles. The quantitative estimate of drug-likeness (QED) is 0.230. The van der Waals surface area contributed by atoms with Crippen molar-refractivity contribution in [3.05, 3.63) is 89.0 Å². The van der Waals surface area contributed by atoms with E-state index in [1.807, 2.05) is 20.8 Å². The summed E-state index contributed by atoms with van der Waals surface area (Å²) in [5, 5.41) is 8.74. The summed E-state index contributed by atoms with van der Waals surface area (Å²) in [6.45, 7) is 10.1. The average Bonchev–Trinajstić information content (AvgIpc) is 3.57. The summed E-state index contributed by atoms with van der Waals surface area (Å²) in [6, 6.07) is 13.9. The van der Waals surface area contributed by atoms with Gasteiger partial charge in [-0.25, -0.2) is 8.78 Å². The molecule has 2 heterocycles. The SMILES string of the molecule is CC1(C)OC[C@H](COc2ccc(F)c(C=O)c2)O1.Cc1ccc(S(=O)(=O)OC[C@H]2COC(C)(C)O2)cc1.O=Cc1cc(O)ccc1F. The molecule has 0 unspecified atom stereocenters. The van der Waals surface area contributed by atoms with Crippen LogP contribution in [0.3, 0.4) is 0 Å². The summed E-state index contributed by atoms with van der Waals surface area (Å²) in [7, 11) is -3.74. The molecule has 2 fully saturated rings. The molecule has 2 saturated heterocycles. The summed E-state index contributed by atoms with van der Waals surface area (Å²) in [5.74, 6) is -2.12. The van der Waals surface area contributed by atoms with E-state index in [9.17, 15) is 26.8 Å². The first kappa shape index (κ1) is 37.7. The molecule has 0 saturated carbocycles. The molecular weight excluding hydrogens is 642 g/mol. The van der Waals surface area contributed by atoms with Gasteiger partial charge in [-0.05, 0) is 83.1 Å². The fraction of sp³-hybridized carbons (Fsp3) is 0.394. The third-order valence-electron chi connectivity index (χ3n) is 6.49. The van der Waals surface area contributed by atoms with E-state index < -0.39 is 33.3 Å². The van der Waals surface area contributed by atoms with E-state index in [1.54, 1.807) is 26.0 Å². The van der Waals surface area contributed by atoms with Crippen LogP contribution in [0.5, 0.6) is 11.5 Å². The number of hydrogen-bond acceptors (Lipinski definition) is 11. The second kappa shape index (κ2) is 16.4. The van der Waals surface area contributed by atoms with Crippen molar-refractivity contribution in [1.29, 1.82) is 0 Å². The summed E-state index contributed by atoms with van der Waals surface area (Å²) >= 11 is 0.